The first-order valence-electron chi connectivity index (χ1n) is 2.70. The van der Waals surface area contributed by atoms with E-state index < -0.39 is 0 Å². The number of nitrogens with zero attached hydrogens (tertiary/aromatic N) is 2. The summed E-state index contributed by atoms with van der Waals surface area (Å²) < 4.78 is 0. The first-order valence-corrected chi connectivity index (χ1v) is 2.70. The Hall–Kier alpha value is -1.06. The second-order valence-corrected chi connectivity index (χ2v) is 1.77. The van der Waals surface area contributed by atoms with Crippen LogP contribution in [0.15, 0.2) is 0 Å². The SMILES string of the molecule is N#CCC(CO)CC#N. The molecule has 0 aliphatic heterocycles. The van der Waals surface area contributed by atoms with E-state index in [0.717, 1.165) is 0 Å². The van der Waals surface area contributed by atoms with Crippen LogP contribution in [0, 0.1) is 28.6 Å². The van der Waals surface area contributed by atoms with E-state index in [0.29, 0.717) is 0 Å². The molecule has 0 amide bonds. The molecule has 0 spiro atoms. The largest absolute Gasteiger partial charge is 0.396 e. The van der Waals surface area contributed by atoms with Crippen molar-refractivity contribution in [2.24, 2.45) is 5.92 Å². The van der Waals surface area contributed by atoms with E-state index in [9.17, 15) is 0 Å². The van der Waals surface area contributed by atoms with Crippen LogP contribution in [0.5, 0.6) is 0 Å². The summed E-state index contributed by atoms with van der Waals surface area (Å²) in [5, 5.41) is 24.7. The van der Waals surface area contributed by atoms with E-state index in [1.54, 1.807) is 0 Å². The van der Waals surface area contributed by atoms with Gasteiger partial charge in [-0.3, -0.25) is 0 Å². The summed E-state index contributed by atoms with van der Waals surface area (Å²) in [6.07, 6.45) is 0.536. The molecule has 0 radical (unpaired) electrons. The normalized spacial score (nSPS) is 8.44. The van der Waals surface area contributed by atoms with Crippen molar-refractivity contribution in [3.8, 4) is 12.1 Å². The van der Waals surface area contributed by atoms with Gasteiger partial charge in [-0.05, 0) is 0 Å². The number of hydrogen-bond donors (Lipinski definition) is 1. The summed E-state index contributed by atoms with van der Waals surface area (Å²) in [6, 6.07) is 3.78. The molecular weight excluding hydrogens is 116 g/mol. The van der Waals surface area contributed by atoms with E-state index in [2.05, 4.69) is 0 Å². The van der Waals surface area contributed by atoms with Gasteiger partial charge in [0.1, 0.15) is 0 Å². The van der Waals surface area contributed by atoms with Gasteiger partial charge in [0, 0.05) is 25.4 Å². The lowest BCUT2D eigenvalue weighted by Crippen LogP contribution is -2.03. The number of hydrogen-bond acceptors (Lipinski definition) is 3. The van der Waals surface area contributed by atoms with Crippen LogP contribution in [0.1, 0.15) is 12.8 Å². The lowest BCUT2D eigenvalue weighted by molar-refractivity contribution is 0.231. The maximum absolute atomic E-state index is 8.49. The van der Waals surface area contributed by atoms with Crippen molar-refractivity contribution in [2.45, 2.75) is 12.8 Å². The predicted octanol–water partition coefficient (Wildman–Crippen LogP) is 0.422. The fraction of sp³-hybridized carbons (Fsp3) is 0.667. The van der Waals surface area contributed by atoms with E-state index in [4.69, 9.17) is 15.6 Å². The third kappa shape index (κ3) is 3.52. The molecule has 0 saturated carbocycles. The molecule has 0 rings (SSSR count). The zero-order valence-corrected chi connectivity index (χ0v) is 5.04. The minimum absolute atomic E-state index is 0.0683. The molecule has 48 valence electrons. The summed E-state index contributed by atoms with van der Waals surface area (Å²) in [4.78, 5) is 0. The first-order chi connectivity index (χ1) is 4.35. The third-order valence-corrected chi connectivity index (χ3v) is 1.02. The maximum atomic E-state index is 8.49. The number of aliphatic hydroxyl groups is 1. The van der Waals surface area contributed by atoms with Gasteiger partial charge in [0.15, 0.2) is 0 Å². The standard InChI is InChI=1S/C6H8N2O/c7-3-1-6(5-9)2-4-8/h6,9H,1-2,5H2. The molecule has 0 fully saturated rings. The average Bonchev–Trinajstić information content (AvgIpc) is 1.88. The zero-order chi connectivity index (χ0) is 7.11. The molecule has 0 bridgehead atoms. The molecule has 9 heavy (non-hydrogen) atoms. The van der Waals surface area contributed by atoms with E-state index in [-0.39, 0.29) is 25.4 Å². The summed E-state index contributed by atoms with van der Waals surface area (Å²) in [6.45, 7) is -0.0683. The van der Waals surface area contributed by atoms with Crippen molar-refractivity contribution in [2.75, 3.05) is 6.61 Å². The van der Waals surface area contributed by atoms with Gasteiger partial charge in [0.05, 0.1) is 12.1 Å². The minimum atomic E-state index is -0.153. The number of nitriles is 2. The Morgan fingerprint density at radius 2 is 1.67 bits per heavy atom. The van der Waals surface area contributed by atoms with Gasteiger partial charge in [0.2, 0.25) is 0 Å². The van der Waals surface area contributed by atoms with Gasteiger partial charge in [-0.1, -0.05) is 0 Å². The van der Waals surface area contributed by atoms with Gasteiger partial charge < -0.3 is 5.11 Å². The Kier molecular flexibility index (Phi) is 4.49. The summed E-state index contributed by atoms with van der Waals surface area (Å²) >= 11 is 0. The second-order valence-electron chi connectivity index (χ2n) is 1.77. The smallest absolute Gasteiger partial charge is 0.0625 e. The summed E-state index contributed by atoms with van der Waals surface area (Å²) in [5.41, 5.74) is 0. The average molecular weight is 124 g/mol. The zero-order valence-electron chi connectivity index (χ0n) is 5.04. The second kappa shape index (κ2) is 5.08. The van der Waals surface area contributed by atoms with Crippen molar-refractivity contribution in [3.05, 3.63) is 0 Å². The fourth-order valence-corrected chi connectivity index (χ4v) is 0.459. The van der Waals surface area contributed by atoms with Crippen LogP contribution < -0.4 is 0 Å². The van der Waals surface area contributed by atoms with E-state index >= 15 is 0 Å². The highest BCUT2D eigenvalue weighted by Crippen LogP contribution is 2.04. The topological polar surface area (TPSA) is 67.8 Å². The van der Waals surface area contributed by atoms with Gasteiger partial charge in [-0.2, -0.15) is 10.5 Å². The summed E-state index contributed by atoms with van der Waals surface area (Å²) in [5.74, 6) is -0.153. The monoisotopic (exact) mass is 124 g/mol. The van der Waals surface area contributed by atoms with Crippen LogP contribution in [-0.4, -0.2) is 11.7 Å². The molecule has 0 heterocycles. The quantitative estimate of drug-likeness (QED) is 0.592. The molecule has 3 heteroatoms. The minimum Gasteiger partial charge on any atom is -0.396 e. The van der Waals surface area contributed by atoms with Gasteiger partial charge >= 0.3 is 0 Å². The van der Waals surface area contributed by atoms with Gasteiger partial charge in [-0.15, -0.1) is 0 Å². The molecule has 0 aromatic carbocycles. The molecule has 0 unspecified atom stereocenters. The van der Waals surface area contributed by atoms with Gasteiger partial charge in [0.25, 0.3) is 0 Å². The van der Waals surface area contributed by atoms with E-state index in [1.807, 2.05) is 12.1 Å². The Labute approximate surface area is 54.1 Å². The maximum Gasteiger partial charge on any atom is 0.0625 e. The molecule has 0 aromatic heterocycles. The predicted molar refractivity (Wildman–Crippen MR) is 31.0 cm³/mol. The highest BCUT2D eigenvalue weighted by molar-refractivity contribution is 4.82. The van der Waals surface area contributed by atoms with Crippen LogP contribution in [0.2, 0.25) is 0 Å². The Bertz CT molecular complexity index is 126. The molecule has 0 aromatic rings. The van der Waals surface area contributed by atoms with Crippen molar-refractivity contribution in [1.82, 2.24) is 0 Å². The number of aliphatic hydroxyl groups excluding tert-OH is 1. The van der Waals surface area contributed by atoms with Crippen molar-refractivity contribution in [1.29, 1.82) is 10.5 Å². The van der Waals surface area contributed by atoms with Crippen LogP contribution >= 0.6 is 0 Å². The molecule has 3 nitrogen and oxygen atoms in total. The Balaban J connectivity index is 3.47. The van der Waals surface area contributed by atoms with Crippen molar-refractivity contribution in [3.63, 3.8) is 0 Å². The van der Waals surface area contributed by atoms with Crippen LogP contribution in [-0.2, 0) is 0 Å². The first kappa shape index (κ1) is 7.94. The Morgan fingerprint density at radius 1 is 1.22 bits per heavy atom. The molecule has 0 saturated heterocycles. The van der Waals surface area contributed by atoms with Crippen molar-refractivity contribution >= 4 is 0 Å². The molecule has 0 atom stereocenters. The van der Waals surface area contributed by atoms with Crippen LogP contribution in [0.25, 0.3) is 0 Å². The lowest BCUT2D eigenvalue weighted by atomic mass is 10.1. The molecule has 0 aliphatic carbocycles. The fourth-order valence-electron chi connectivity index (χ4n) is 0.459. The highest BCUT2D eigenvalue weighted by Gasteiger charge is 2.04. The number of rotatable bonds is 3. The van der Waals surface area contributed by atoms with Crippen LogP contribution in [0.3, 0.4) is 0 Å². The lowest BCUT2D eigenvalue weighted by Gasteiger charge is -2.01. The molecule has 0 aliphatic rings. The molecular formula is C6H8N2O. The van der Waals surface area contributed by atoms with Gasteiger partial charge in [-0.25, -0.2) is 0 Å². The Morgan fingerprint density at radius 3 is 1.89 bits per heavy atom. The van der Waals surface area contributed by atoms with E-state index in [1.165, 1.54) is 0 Å². The highest BCUT2D eigenvalue weighted by atomic mass is 16.3. The van der Waals surface area contributed by atoms with Crippen molar-refractivity contribution < 1.29 is 5.11 Å². The summed E-state index contributed by atoms with van der Waals surface area (Å²) in [7, 11) is 0. The van der Waals surface area contributed by atoms with Crippen LogP contribution in [0.4, 0.5) is 0 Å². The third-order valence-electron chi connectivity index (χ3n) is 1.02. The molecule has 1 N–H and O–H groups in total.